The minimum Gasteiger partial charge on any atom is -0.464 e. The summed E-state index contributed by atoms with van der Waals surface area (Å²) in [5.74, 6) is 0. The van der Waals surface area contributed by atoms with Crippen LogP contribution in [0.25, 0.3) is 11.0 Å². The summed E-state index contributed by atoms with van der Waals surface area (Å²) < 4.78 is 37.8. The molecule has 0 unspecified atom stereocenters. The zero-order valence-corrected chi connectivity index (χ0v) is 8.75. The largest absolute Gasteiger partial charge is 0.464 e. The Labute approximate surface area is 97.2 Å². The lowest BCUT2D eigenvalue weighted by Crippen LogP contribution is -2.08. The molecule has 0 fully saturated rings. The van der Waals surface area contributed by atoms with E-state index in [4.69, 9.17) is 16.7 Å². The fraction of sp³-hybridized carbons (Fsp3) is 0.111. The molecule has 0 radical (unpaired) electrons. The first-order valence-corrected chi connectivity index (χ1v) is 4.67. The smallest absolute Gasteiger partial charge is 0.418 e. The fourth-order valence-electron chi connectivity index (χ4n) is 1.41. The second-order valence-corrected chi connectivity index (χ2v) is 3.54. The van der Waals surface area contributed by atoms with Crippen molar-refractivity contribution >= 4 is 28.7 Å². The Bertz CT molecular complexity index is 606. The number of alkyl halides is 3. The van der Waals surface area contributed by atoms with Crippen molar-refractivity contribution in [2.24, 2.45) is 0 Å². The molecule has 90 valence electrons. The van der Waals surface area contributed by atoms with Gasteiger partial charge < -0.3 is 5.11 Å². The molecule has 0 aliphatic carbocycles. The molecule has 2 rings (SSSR count). The van der Waals surface area contributed by atoms with E-state index in [0.717, 1.165) is 18.2 Å². The first-order chi connectivity index (χ1) is 7.80. The summed E-state index contributed by atoms with van der Waals surface area (Å²) in [5.41, 5.74) is -1.01. The van der Waals surface area contributed by atoms with Crippen LogP contribution in [0.1, 0.15) is 5.56 Å². The van der Waals surface area contributed by atoms with E-state index in [1.165, 1.54) is 0 Å². The van der Waals surface area contributed by atoms with Gasteiger partial charge in [0.05, 0.1) is 16.6 Å². The molecule has 1 aromatic heterocycles. The molecule has 0 amide bonds. The number of fused-ring (bicyclic) bond motifs is 1. The van der Waals surface area contributed by atoms with Gasteiger partial charge in [0.15, 0.2) is 0 Å². The quantitative estimate of drug-likeness (QED) is 0.795. The van der Waals surface area contributed by atoms with Crippen molar-refractivity contribution in [1.82, 2.24) is 9.55 Å². The highest BCUT2D eigenvalue weighted by atomic mass is 35.5. The van der Waals surface area contributed by atoms with E-state index in [0.29, 0.717) is 4.57 Å². The SMILES string of the molecule is O=C(O)n1c(Cl)nc2cc(C(F)(F)F)ccc21. The van der Waals surface area contributed by atoms with E-state index >= 15 is 0 Å². The van der Waals surface area contributed by atoms with Crippen molar-refractivity contribution in [3.63, 3.8) is 0 Å². The molecule has 0 bridgehead atoms. The third-order valence-electron chi connectivity index (χ3n) is 2.13. The lowest BCUT2D eigenvalue weighted by Gasteiger charge is -2.05. The topological polar surface area (TPSA) is 55.1 Å². The maximum atomic E-state index is 12.4. The molecule has 8 heteroatoms. The third kappa shape index (κ3) is 1.93. The van der Waals surface area contributed by atoms with Gasteiger partial charge in [0, 0.05) is 0 Å². The number of hydrogen-bond acceptors (Lipinski definition) is 2. The Morgan fingerprint density at radius 3 is 2.59 bits per heavy atom. The van der Waals surface area contributed by atoms with Gasteiger partial charge in [0.2, 0.25) is 5.28 Å². The Kier molecular flexibility index (Phi) is 2.50. The van der Waals surface area contributed by atoms with Crippen LogP contribution in [0.5, 0.6) is 0 Å². The fourth-order valence-corrected chi connectivity index (χ4v) is 1.66. The van der Waals surface area contributed by atoms with Crippen LogP contribution in [0, 0.1) is 0 Å². The molecule has 0 saturated heterocycles. The highest BCUT2D eigenvalue weighted by Gasteiger charge is 2.31. The average Bonchev–Trinajstić information content (AvgIpc) is 2.50. The van der Waals surface area contributed by atoms with Crippen LogP contribution < -0.4 is 0 Å². The van der Waals surface area contributed by atoms with Crippen LogP contribution in [0.2, 0.25) is 5.28 Å². The van der Waals surface area contributed by atoms with Gasteiger partial charge in [-0.1, -0.05) is 0 Å². The second-order valence-electron chi connectivity index (χ2n) is 3.20. The lowest BCUT2D eigenvalue weighted by atomic mass is 10.2. The number of carboxylic acid groups (broad SMARTS) is 1. The summed E-state index contributed by atoms with van der Waals surface area (Å²) >= 11 is 5.52. The predicted molar refractivity (Wildman–Crippen MR) is 53.2 cm³/mol. The Hall–Kier alpha value is -1.76. The number of benzene rings is 1. The number of carbonyl (C=O) groups is 1. The highest BCUT2D eigenvalue weighted by molar-refractivity contribution is 6.30. The van der Waals surface area contributed by atoms with Crippen molar-refractivity contribution in [3.8, 4) is 0 Å². The number of imidazole rings is 1. The van der Waals surface area contributed by atoms with E-state index in [1.807, 2.05) is 0 Å². The van der Waals surface area contributed by atoms with E-state index in [-0.39, 0.29) is 11.0 Å². The van der Waals surface area contributed by atoms with Crippen molar-refractivity contribution < 1.29 is 23.1 Å². The number of nitrogens with zero attached hydrogens (tertiary/aromatic N) is 2. The average molecular weight is 265 g/mol. The van der Waals surface area contributed by atoms with Crippen LogP contribution in [0.15, 0.2) is 18.2 Å². The van der Waals surface area contributed by atoms with E-state index < -0.39 is 23.1 Å². The maximum absolute atomic E-state index is 12.4. The van der Waals surface area contributed by atoms with Gasteiger partial charge >= 0.3 is 12.3 Å². The summed E-state index contributed by atoms with van der Waals surface area (Å²) in [6.07, 6.45) is -5.91. The molecule has 0 saturated carbocycles. The Balaban J connectivity index is 2.70. The summed E-state index contributed by atoms with van der Waals surface area (Å²) in [4.78, 5) is 14.4. The van der Waals surface area contributed by atoms with Crippen molar-refractivity contribution in [3.05, 3.63) is 29.0 Å². The number of halogens is 4. The van der Waals surface area contributed by atoms with Gasteiger partial charge in [-0.2, -0.15) is 13.2 Å². The Morgan fingerprint density at radius 1 is 1.41 bits per heavy atom. The van der Waals surface area contributed by atoms with Crippen LogP contribution in [0.3, 0.4) is 0 Å². The molecule has 0 spiro atoms. The molecule has 17 heavy (non-hydrogen) atoms. The summed E-state index contributed by atoms with van der Waals surface area (Å²) in [5, 5.41) is 8.40. The van der Waals surface area contributed by atoms with Crippen LogP contribution in [0.4, 0.5) is 18.0 Å². The molecule has 1 heterocycles. The lowest BCUT2D eigenvalue weighted by molar-refractivity contribution is -0.137. The first-order valence-electron chi connectivity index (χ1n) is 4.29. The normalized spacial score (nSPS) is 12.0. The molecule has 0 aliphatic rings. The molecule has 2 aromatic rings. The number of aromatic nitrogens is 2. The van der Waals surface area contributed by atoms with Crippen LogP contribution in [-0.2, 0) is 6.18 Å². The molecule has 0 aliphatic heterocycles. The van der Waals surface area contributed by atoms with Gasteiger partial charge in [-0.3, -0.25) is 0 Å². The van der Waals surface area contributed by atoms with Crippen molar-refractivity contribution in [1.29, 1.82) is 0 Å². The molecular formula is C9H4ClF3N2O2. The Morgan fingerprint density at radius 2 is 2.06 bits per heavy atom. The zero-order valence-electron chi connectivity index (χ0n) is 7.99. The standard InChI is InChI=1S/C9H4ClF3N2O2/c10-7-14-5-3-4(9(11,12)13)1-2-6(5)15(7)8(16)17/h1-3H,(H,16,17). The van der Waals surface area contributed by atoms with Crippen molar-refractivity contribution in [2.75, 3.05) is 0 Å². The van der Waals surface area contributed by atoms with E-state index in [1.54, 1.807) is 0 Å². The second kappa shape index (κ2) is 3.63. The van der Waals surface area contributed by atoms with Gasteiger partial charge in [0.25, 0.3) is 0 Å². The van der Waals surface area contributed by atoms with E-state index in [9.17, 15) is 18.0 Å². The van der Waals surface area contributed by atoms with Gasteiger partial charge in [0.1, 0.15) is 0 Å². The maximum Gasteiger partial charge on any atom is 0.418 e. The molecule has 4 nitrogen and oxygen atoms in total. The zero-order chi connectivity index (χ0) is 12.8. The summed E-state index contributed by atoms with van der Waals surface area (Å²) in [7, 11) is 0. The van der Waals surface area contributed by atoms with Crippen LogP contribution in [-0.4, -0.2) is 20.8 Å². The summed E-state index contributed by atoms with van der Waals surface area (Å²) in [6.45, 7) is 0. The minimum absolute atomic E-state index is 0.00972. The van der Waals surface area contributed by atoms with Gasteiger partial charge in [-0.05, 0) is 29.8 Å². The summed E-state index contributed by atoms with van der Waals surface area (Å²) in [6, 6.07) is 2.55. The third-order valence-corrected chi connectivity index (χ3v) is 2.39. The molecule has 1 N–H and O–H groups in total. The molecule has 0 atom stereocenters. The monoisotopic (exact) mass is 264 g/mol. The molecule has 1 aromatic carbocycles. The van der Waals surface area contributed by atoms with Crippen LogP contribution >= 0.6 is 11.6 Å². The minimum atomic E-state index is -4.51. The van der Waals surface area contributed by atoms with E-state index in [2.05, 4.69) is 4.98 Å². The number of rotatable bonds is 0. The van der Waals surface area contributed by atoms with Crippen molar-refractivity contribution in [2.45, 2.75) is 6.18 Å². The van der Waals surface area contributed by atoms with Gasteiger partial charge in [-0.25, -0.2) is 14.3 Å². The predicted octanol–water partition coefficient (Wildman–Crippen LogP) is 3.23. The van der Waals surface area contributed by atoms with Gasteiger partial charge in [-0.15, -0.1) is 0 Å². The molecular weight excluding hydrogens is 261 g/mol. The number of hydrogen-bond donors (Lipinski definition) is 1. The first kappa shape index (κ1) is 11.7. The highest BCUT2D eigenvalue weighted by Crippen LogP contribution is 2.31.